The molecule has 0 bridgehead atoms. The van der Waals surface area contributed by atoms with Crippen LogP contribution < -0.4 is 74.5 Å². The SMILES string of the molecule is CNC(=S)Nc1ccc(/C=C/c2ccc(NS(=O)(=O)N(C)C)cc2S(=O)(=O)[O-])c(S(=O)(=O)[O-])c1.[Na+].[Na+]. The molecule has 0 aliphatic heterocycles. The van der Waals surface area contributed by atoms with Crippen LogP contribution in [0.4, 0.5) is 11.4 Å². The van der Waals surface area contributed by atoms with E-state index in [1.54, 1.807) is 0 Å². The zero-order valence-electron chi connectivity index (χ0n) is 20.0. The fourth-order valence-corrected chi connectivity index (χ4v) is 4.65. The fourth-order valence-electron chi connectivity index (χ4n) is 2.53. The summed E-state index contributed by atoms with van der Waals surface area (Å²) in [7, 11) is -9.94. The van der Waals surface area contributed by atoms with E-state index in [-0.39, 0.29) is 86.7 Å². The molecule has 0 atom stereocenters. The molecule has 12 nitrogen and oxygen atoms in total. The Morgan fingerprint density at radius 3 is 1.64 bits per heavy atom. The second-order valence-corrected chi connectivity index (χ2v) is 11.8. The first-order valence-corrected chi connectivity index (χ1v) is 13.8. The van der Waals surface area contributed by atoms with E-state index in [2.05, 4.69) is 15.4 Å². The Labute approximate surface area is 260 Å². The van der Waals surface area contributed by atoms with Gasteiger partial charge in [0.05, 0.1) is 15.5 Å². The van der Waals surface area contributed by atoms with Gasteiger partial charge in [-0.3, -0.25) is 4.72 Å². The van der Waals surface area contributed by atoms with Crippen molar-refractivity contribution in [2.45, 2.75) is 9.79 Å². The van der Waals surface area contributed by atoms with Gasteiger partial charge in [0.15, 0.2) is 5.11 Å². The average Bonchev–Trinajstić information content (AvgIpc) is 2.71. The van der Waals surface area contributed by atoms with Gasteiger partial charge in [-0.05, 0) is 47.6 Å². The predicted molar refractivity (Wildman–Crippen MR) is 129 cm³/mol. The van der Waals surface area contributed by atoms with Crippen molar-refractivity contribution >= 4 is 71.3 Å². The quantitative estimate of drug-likeness (QED) is 0.115. The van der Waals surface area contributed by atoms with Gasteiger partial charge in [0, 0.05) is 26.8 Å². The van der Waals surface area contributed by atoms with E-state index in [9.17, 15) is 34.4 Å². The van der Waals surface area contributed by atoms with Gasteiger partial charge in [-0.15, -0.1) is 0 Å². The zero-order valence-corrected chi connectivity index (χ0v) is 27.2. The fraction of sp³-hybridized carbons (Fsp3) is 0.167. The van der Waals surface area contributed by atoms with Crippen LogP contribution in [0.15, 0.2) is 46.2 Å². The molecule has 0 saturated heterocycles. The number of rotatable bonds is 8. The molecule has 0 saturated carbocycles. The molecule has 0 fully saturated rings. The van der Waals surface area contributed by atoms with E-state index in [0.29, 0.717) is 0 Å². The summed E-state index contributed by atoms with van der Waals surface area (Å²) < 4.78 is 97.5. The Kier molecular flexibility index (Phi) is 13.7. The standard InChI is InChI=1S/C18H22N4O8S4.2Na/c1-19-18(31)20-14-8-6-12(16(10-14)32(23,24)25)4-5-13-7-9-15(11-17(13)33(26,27)28)21-34(29,30)22(2)3;;/h4-11,21H,1-3H3,(H2,19,20,31)(H,23,24,25)(H,26,27,28);;/q;2*+1/p-2/b5-4+;;. The molecule has 3 N–H and O–H groups in total. The minimum atomic E-state index is -5.06. The van der Waals surface area contributed by atoms with Crippen molar-refractivity contribution in [3.05, 3.63) is 47.5 Å². The summed E-state index contributed by atoms with van der Waals surface area (Å²) >= 11 is 4.93. The van der Waals surface area contributed by atoms with Crippen molar-refractivity contribution in [1.82, 2.24) is 9.62 Å². The van der Waals surface area contributed by atoms with Crippen molar-refractivity contribution in [1.29, 1.82) is 0 Å². The third-order valence-electron chi connectivity index (χ3n) is 4.22. The maximum Gasteiger partial charge on any atom is 1.00 e. The summed E-state index contributed by atoms with van der Waals surface area (Å²) in [5.41, 5.74) is -0.205. The normalized spacial score (nSPS) is 11.9. The van der Waals surface area contributed by atoms with Crippen LogP contribution in [0.25, 0.3) is 12.2 Å². The molecule has 0 spiro atoms. The number of hydrogen-bond acceptors (Lipinski definition) is 9. The van der Waals surface area contributed by atoms with Crippen LogP contribution in [0.5, 0.6) is 0 Å². The predicted octanol–water partition coefficient (Wildman–Crippen LogP) is -5.19. The van der Waals surface area contributed by atoms with Crippen molar-refractivity contribution in [3.8, 4) is 0 Å². The van der Waals surface area contributed by atoms with Crippen LogP contribution in [0.2, 0.25) is 0 Å². The third kappa shape index (κ3) is 9.94. The maximum absolute atomic E-state index is 12.0. The van der Waals surface area contributed by atoms with Crippen LogP contribution in [0.1, 0.15) is 11.1 Å². The first kappa shape index (κ1) is 35.4. The molecule has 2 aromatic carbocycles. The van der Waals surface area contributed by atoms with E-state index in [1.165, 1.54) is 39.3 Å². The number of nitrogens with one attached hydrogen (secondary N) is 3. The molecule has 186 valence electrons. The Hall–Kier alpha value is -0.600. The van der Waals surface area contributed by atoms with Gasteiger partial charge in [0.2, 0.25) is 0 Å². The Bertz CT molecular complexity index is 1460. The minimum Gasteiger partial charge on any atom is -0.744 e. The van der Waals surface area contributed by atoms with Crippen molar-refractivity contribution in [3.63, 3.8) is 0 Å². The van der Waals surface area contributed by atoms with E-state index in [1.807, 2.05) is 0 Å². The Balaban J connectivity index is 0.00000612. The van der Waals surface area contributed by atoms with Gasteiger partial charge in [0.1, 0.15) is 20.2 Å². The summed E-state index contributed by atoms with van der Waals surface area (Å²) in [6.07, 6.45) is 2.25. The first-order valence-electron chi connectivity index (χ1n) is 9.11. The van der Waals surface area contributed by atoms with Gasteiger partial charge in [0.25, 0.3) is 0 Å². The topological polar surface area (TPSA) is 188 Å². The number of nitrogens with zero attached hydrogens (tertiary/aromatic N) is 1. The largest absolute Gasteiger partial charge is 1.00 e. The summed E-state index contributed by atoms with van der Waals surface area (Å²) in [6.45, 7) is 0. The van der Waals surface area contributed by atoms with Crippen LogP contribution in [-0.2, 0) is 30.4 Å². The second-order valence-electron chi connectivity index (χ2n) is 6.84. The molecule has 0 aliphatic rings. The molecule has 18 heteroatoms. The van der Waals surface area contributed by atoms with Gasteiger partial charge in [-0.2, -0.15) is 12.7 Å². The van der Waals surface area contributed by atoms with Crippen molar-refractivity contribution in [2.75, 3.05) is 31.2 Å². The van der Waals surface area contributed by atoms with Crippen LogP contribution >= 0.6 is 12.2 Å². The van der Waals surface area contributed by atoms with E-state index in [4.69, 9.17) is 12.2 Å². The van der Waals surface area contributed by atoms with Gasteiger partial charge >= 0.3 is 69.3 Å². The number of thiocarbonyl (C=S) groups is 1. The van der Waals surface area contributed by atoms with E-state index < -0.39 is 40.2 Å². The monoisotopic (exact) mass is 594 g/mol. The van der Waals surface area contributed by atoms with E-state index in [0.717, 1.165) is 34.7 Å². The first-order chi connectivity index (χ1) is 15.5. The zero-order chi connectivity index (χ0) is 25.9. The van der Waals surface area contributed by atoms with Gasteiger partial charge < -0.3 is 19.7 Å². The van der Waals surface area contributed by atoms with Gasteiger partial charge in [-0.25, -0.2) is 16.8 Å². The number of hydrogen-bond donors (Lipinski definition) is 3. The smallest absolute Gasteiger partial charge is 0.744 e. The summed E-state index contributed by atoms with van der Waals surface area (Å²) in [5, 5.41) is 5.48. The molecule has 0 aromatic heterocycles. The summed E-state index contributed by atoms with van der Waals surface area (Å²) in [6, 6.07) is 6.97. The molecule has 0 amide bonds. The summed E-state index contributed by atoms with van der Waals surface area (Å²) in [4.78, 5) is -1.37. The molecule has 0 aliphatic carbocycles. The Morgan fingerprint density at radius 2 is 1.25 bits per heavy atom. The molecule has 0 radical (unpaired) electrons. The second kappa shape index (κ2) is 14.0. The third-order valence-corrected chi connectivity index (χ3v) is 7.77. The van der Waals surface area contributed by atoms with Crippen LogP contribution in [-0.4, -0.2) is 64.9 Å². The number of benzene rings is 2. The Morgan fingerprint density at radius 1 is 0.833 bits per heavy atom. The van der Waals surface area contributed by atoms with Crippen LogP contribution in [0.3, 0.4) is 0 Å². The molecular weight excluding hydrogens is 574 g/mol. The van der Waals surface area contributed by atoms with Crippen molar-refractivity contribution < 1.29 is 93.5 Å². The van der Waals surface area contributed by atoms with E-state index >= 15 is 0 Å². The summed E-state index contributed by atoms with van der Waals surface area (Å²) in [5.74, 6) is 0. The van der Waals surface area contributed by atoms with Crippen molar-refractivity contribution in [2.24, 2.45) is 0 Å². The minimum absolute atomic E-state index is 0. The molecule has 2 rings (SSSR count). The van der Waals surface area contributed by atoms with Gasteiger partial charge in [-0.1, -0.05) is 24.3 Å². The molecule has 2 aromatic rings. The maximum atomic E-state index is 12.0. The molecule has 0 unspecified atom stereocenters. The molecular formula is C18H20N4Na2O8S4. The molecule has 0 heterocycles. The number of anilines is 2. The van der Waals surface area contributed by atoms with Crippen LogP contribution in [0, 0.1) is 0 Å². The molecule has 36 heavy (non-hydrogen) atoms. The average molecular weight is 595 g/mol.